The van der Waals surface area contributed by atoms with Crippen molar-refractivity contribution in [1.29, 1.82) is 0 Å². The molecule has 2 rings (SSSR count). The SMILES string of the molecule is Cc1ccc(C(=O)Nc2cc(C(F)(F)F)c[nH]c2=O)c(O)c1. The fraction of sp³-hybridized carbons (Fsp3) is 0.143. The molecule has 0 unspecified atom stereocenters. The topological polar surface area (TPSA) is 82.2 Å². The lowest BCUT2D eigenvalue weighted by atomic mass is 10.1. The molecule has 3 N–H and O–H groups in total. The zero-order chi connectivity index (χ0) is 16.5. The van der Waals surface area contributed by atoms with Crippen LogP contribution in [-0.4, -0.2) is 16.0 Å². The Morgan fingerprint density at radius 2 is 1.95 bits per heavy atom. The van der Waals surface area contributed by atoms with Crippen LogP contribution < -0.4 is 10.9 Å². The minimum Gasteiger partial charge on any atom is -0.507 e. The third kappa shape index (κ3) is 3.27. The number of amides is 1. The Bertz CT molecular complexity index is 782. The van der Waals surface area contributed by atoms with Gasteiger partial charge in [0.2, 0.25) is 0 Å². The molecule has 0 radical (unpaired) electrons. The number of aromatic hydroxyl groups is 1. The average molecular weight is 312 g/mol. The molecule has 116 valence electrons. The van der Waals surface area contributed by atoms with Crippen molar-refractivity contribution < 1.29 is 23.1 Å². The van der Waals surface area contributed by atoms with E-state index in [4.69, 9.17) is 0 Å². The minimum atomic E-state index is -4.66. The first-order chi connectivity index (χ1) is 10.2. The number of nitrogens with one attached hydrogen (secondary N) is 2. The number of H-pyrrole nitrogens is 1. The summed E-state index contributed by atoms with van der Waals surface area (Å²) >= 11 is 0. The van der Waals surface area contributed by atoms with Crippen LogP contribution in [0.1, 0.15) is 21.5 Å². The average Bonchev–Trinajstić information content (AvgIpc) is 2.39. The number of phenolic OH excluding ortho intramolecular Hbond substituents is 1. The second-order valence-corrected chi connectivity index (χ2v) is 4.60. The smallest absolute Gasteiger partial charge is 0.417 e. The Labute approximate surface area is 122 Å². The number of pyridine rings is 1. The summed E-state index contributed by atoms with van der Waals surface area (Å²) in [6, 6.07) is 4.71. The normalized spacial score (nSPS) is 11.3. The molecule has 0 atom stereocenters. The van der Waals surface area contributed by atoms with Gasteiger partial charge in [0.1, 0.15) is 11.4 Å². The van der Waals surface area contributed by atoms with Crippen molar-refractivity contribution in [2.75, 3.05) is 5.32 Å². The number of anilines is 1. The molecule has 1 amide bonds. The van der Waals surface area contributed by atoms with Gasteiger partial charge in [0.05, 0.1) is 11.1 Å². The summed E-state index contributed by atoms with van der Waals surface area (Å²) in [4.78, 5) is 25.4. The van der Waals surface area contributed by atoms with Gasteiger partial charge in [-0.25, -0.2) is 0 Å². The van der Waals surface area contributed by atoms with Gasteiger partial charge in [-0.05, 0) is 30.7 Å². The molecule has 22 heavy (non-hydrogen) atoms. The molecule has 8 heteroatoms. The van der Waals surface area contributed by atoms with Crippen LogP contribution in [0.3, 0.4) is 0 Å². The summed E-state index contributed by atoms with van der Waals surface area (Å²) in [7, 11) is 0. The summed E-state index contributed by atoms with van der Waals surface area (Å²) in [5.41, 5.74) is -1.99. The van der Waals surface area contributed by atoms with E-state index in [1.165, 1.54) is 12.1 Å². The maximum absolute atomic E-state index is 12.6. The monoisotopic (exact) mass is 312 g/mol. The van der Waals surface area contributed by atoms with E-state index in [0.29, 0.717) is 17.8 Å². The highest BCUT2D eigenvalue weighted by Crippen LogP contribution is 2.29. The minimum absolute atomic E-state index is 0.151. The Morgan fingerprint density at radius 3 is 2.55 bits per heavy atom. The fourth-order valence-electron chi connectivity index (χ4n) is 1.76. The number of benzene rings is 1. The van der Waals surface area contributed by atoms with Gasteiger partial charge in [0, 0.05) is 6.20 Å². The number of aromatic amines is 1. The van der Waals surface area contributed by atoms with Gasteiger partial charge in [-0.15, -0.1) is 0 Å². The van der Waals surface area contributed by atoms with Crippen molar-refractivity contribution in [3.8, 4) is 5.75 Å². The Kier molecular flexibility index (Phi) is 3.94. The van der Waals surface area contributed by atoms with E-state index >= 15 is 0 Å². The number of hydrogen-bond acceptors (Lipinski definition) is 3. The van der Waals surface area contributed by atoms with Gasteiger partial charge in [-0.1, -0.05) is 6.07 Å². The lowest BCUT2D eigenvalue weighted by Crippen LogP contribution is -2.21. The number of carbonyl (C=O) groups excluding carboxylic acids is 1. The maximum Gasteiger partial charge on any atom is 0.417 e. The summed E-state index contributed by atoms with van der Waals surface area (Å²) in [6.07, 6.45) is -4.14. The summed E-state index contributed by atoms with van der Waals surface area (Å²) in [5.74, 6) is -1.22. The van der Waals surface area contributed by atoms with Crippen LogP contribution in [0.25, 0.3) is 0 Å². The van der Waals surface area contributed by atoms with Crippen LogP contribution >= 0.6 is 0 Å². The van der Waals surface area contributed by atoms with E-state index in [0.717, 1.165) is 0 Å². The molecule has 5 nitrogen and oxygen atoms in total. The third-order valence-corrected chi connectivity index (χ3v) is 2.88. The molecule has 0 fully saturated rings. The number of carbonyl (C=O) groups is 1. The first-order valence-electron chi connectivity index (χ1n) is 6.09. The molecule has 0 aliphatic heterocycles. The van der Waals surface area contributed by atoms with Gasteiger partial charge in [-0.2, -0.15) is 13.2 Å². The quantitative estimate of drug-likeness (QED) is 0.797. The van der Waals surface area contributed by atoms with Crippen LogP contribution in [0.5, 0.6) is 5.75 Å². The van der Waals surface area contributed by atoms with Crippen molar-refractivity contribution in [3.63, 3.8) is 0 Å². The lowest BCUT2D eigenvalue weighted by Gasteiger charge is -2.10. The zero-order valence-corrected chi connectivity index (χ0v) is 11.3. The maximum atomic E-state index is 12.6. The molecule has 2 aromatic rings. The van der Waals surface area contributed by atoms with Crippen molar-refractivity contribution in [2.24, 2.45) is 0 Å². The van der Waals surface area contributed by atoms with E-state index in [2.05, 4.69) is 5.32 Å². The molecule has 0 spiro atoms. The van der Waals surface area contributed by atoms with E-state index in [1.807, 2.05) is 4.98 Å². The van der Waals surface area contributed by atoms with Gasteiger partial charge >= 0.3 is 6.18 Å². The van der Waals surface area contributed by atoms with E-state index in [1.54, 1.807) is 13.0 Å². The number of phenols is 1. The number of halogens is 3. The second-order valence-electron chi connectivity index (χ2n) is 4.60. The van der Waals surface area contributed by atoms with Gasteiger partial charge in [0.25, 0.3) is 11.5 Å². The molecule has 0 saturated heterocycles. The van der Waals surface area contributed by atoms with Gasteiger partial charge in [0.15, 0.2) is 0 Å². The van der Waals surface area contributed by atoms with Crippen molar-refractivity contribution in [3.05, 3.63) is 57.5 Å². The lowest BCUT2D eigenvalue weighted by molar-refractivity contribution is -0.137. The molecule has 0 aliphatic carbocycles. The molecule has 0 saturated carbocycles. The van der Waals surface area contributed by atoms with Crippen LogP contribution in [0.15, 0.2) is 35.3 Å². The number of alkyl halides is 3. The largest absolute Gasteiger partial charge is 0.507 e. The van der Waals surface area contributed by atoms with E-state index < -0.39 is 28.9 Å². The van der Waals surface area contributed by atoms with Crippen molar-refractivity contribution in [1.82, 2.24) is 4.98 Å². The predicted octanol–water partition coefficient (Wildman–Crippen LogP) is 2.66. The molecule has 1 aromatic heterocycles. The molecule has 0 aliphatic rings. The highest BCUT2D eigenvalue weighted by Gasteiger charge is 2.31. The van der Waals surface area contributed by atoms with Gasteiger partial charge < -0.3 is 15.4 Å². The first kappa shape index (κ1) is 15.6. The second kappa shape index (κ2) is 5.55. The summed E-state index contributed by atoms with van der Waals surface area (Å²) in [6.45, 7) is 1.69. The Morgan fingerprint density at radius 1 is 1.27 bits per heavy atom. The Hall–Kier alpha value is -2.77. The summed E-state index contributed by atoms with van der Waals surface area (Å²) in [5, 5.41) is 11.7. The van der Waals surface area contributed by atoms with Crippen molar-refractivity contribution >= 4 is 11.6 Å². The van der Waals surface area contributed by atoms with E-state index in [-0.39, 0.29) is 11.3 Å². The zero-order valence-electron chi connectivity index (χ0n) is 11.3. The fourth-order valence-corrected chi connectivity index (χ4v) is 1.76. The number of aromatic nitrogens is 1. The highest BCUT2D eigenvalue weighted by molar-refractivity contribution is 6.06. The number of aryl methyl sites for hydroxylation is 1. The van der Waals surface area contributed by atoms with Crippen LogP contribution in [-0.2, 0) is 6.18 Å². The molecule has 1 aromatic carbocycles. The predicted molar refractivity (Wildman–Crippen MR) is 72.9 cm³/mol. The van der Waals surface area contributed by atoms with Gasteiger partial charge in [-0.3, -0.25) is 9.59 Å². The first-order valence-corrected chi connectivity index (χ1v) is 6.09. The number of hydrogen-bond donors (Lipinski definition) is 3. The van der Waals surface area contributed by atoms with Crippen molar-refractivity contribution in [2.45, 2.75) is 13.1 Å². The van der Waals surface area contributed by atoms with Crippen LogP contribution in [0, 0.1) is 6.92 Å². The molecule has 0 bridgehead atoms. The molecule has 1 heterocycles. The van der Waals surface area contributed by atoms with Crippen LogP contribution in [0.2, 0.25) is 0 Å². The number of rotatable bonds is 2. The standard InChI is InChI=1S/C14H11F3N2O3/c1-7-2-3-9(11(20)4-7)12(21)19-10-5-8(14(15,16)17)6-18-13(10)22/h2-6,20H,1H3,(H,18,22)(H,19,21). The summed E-state index contributed by atoms with van der Waals surface area (Å²) < 4.78 is 37.8. The molecular weight excluding hydrogens is 301 g/mol. The Balaban J connectivity index is 2.34. The highest BCUT2D eigenvalue weighted by atomic mass is 19.4. The van der Waals surface area contributed by atoms with Crippen LogP contribution in [0.4, 0.5) is 18.9 Å². The van der Waals surface area contributed by atoms with E-state index in [9.17, 15) is 27.9 Å². The third-order valence-electron chi connectivity index (χ3n) is 2.88. The molecular formula is C14H11F3N2O3.